The maximum Gasteiger partial charge on any atom is 0.261 e. The highest BCUT2D eigenvalue weighted by molar-refractivity contribution is 9.10. The lowest BCUT2D eigenvalue weighted by molar-refractivity contribution is 0.0475. The van der Waals surface area contributed by atoms with Gasteiger partial charge in [-0.3, -0.25) is 14.5 Å². The number of fused-ring (bicyclic) bond motifs is 1. The Bertz CT molecular complexity index is 523. The van der Waals surface area contributed by atoms with E-state index in [0.29, 0.717) is 17.7 Å². The molecule has 0 aliphatic carbocycles. The van der Waals surface area contributed by atoms with Gasteiger partial charge in [-0.2, -0.15) is 0 Å². The van der Waals surface area contributed by atoms with Crippen molar-refractivity contribution < 1.29 is 14.3 Å². The Morgan fingerprint density at radius 1 is 1.28 bits per heavy atom. The third kappa shape index (κ3) is 1.87. The smallest absolute Gasteiger partial charge is 0.261 e. The van der Waals surface area contributed by atoms with E-state index < -0.39 is 0 Å². The molecule has 0 spiro atoms. The number of amides is 2. The molecular formula is C13H12BrNO3. The van der Waals surface area contributed by atoms with E-state index in [1.165, 1.54) is 4.90 Å². The van der Waals surface area contributed by atoms with Crippen LogP contribution in [0.3, 0.4) is 0 Å². The lowest BCUT2D eigenvalue weighted by atomic mass is 10.1. The Kier molecular flexibility index (Phi) is 2.95. The van der Waals surface area contributed by atoms with Crippen molar-refractivity contribution in [2.75, 3.05) is 13.2 Å². The minimum Gasteiger partial charge on any atom is -0.376 e. The number of rotatable bonds is 2. The molecule has 2 aliphatic heterocycles. The van der Waals surface area contributed by atoms with Gasteiger partial charge >= 0.3 is 0 Å². The quantitative estimate of drug-likeness (QED) is 0.787. The second-order valence-electron chi connectivity index (χ2n) is 4.55. The summed E-state index contributed by atoms with van der Waals surface area (Å²) in [5.74, 6) is -0.426. The van der Waals surface area contributed by atoms with Crippen molar-refractivity contribution in [2.24, 2.45) is 0 Å². The van der Waals surface area contributed by atoms with Gasteiger partial charge in [0.05, 0.1) is 23.8 Å². The zero-order valence-electron chi connectivity index (χ0n) is 9.69. The van der Waals surface area contributed by atoms with Crippen LogP contribution in [0.4, 0.5) is 0 Å². The molecule has 1 aromatic rings. The molecule has 1 unspecified atom stereocenters. The summed E-state index contributed by atoms with van der Waals surface area (Å²) in [6.07, 6.45) is 1.91. The van der Waals surface area contributed by atoms with Crippen LogP contribution in [0.15, 0.2) is 22.7 Å². The third-order valence-corrected chi connectivity index (χ3v) is 3.84. The molecule has 18 heavy (non-hydrogen) atoms. The molecule has 2 heterocycles. The van der Waals surface area contributed by atoms with E-state index in [-0.39, 0.29) is 17.9 Å². The van der Waals surface area contributed by atoms with Crippen molar-refractivity contribution in [3.05, 3.63) is 33.8 Å². The summed E-state index contributed by atoms with van der Waals surface area (Å²) in [6.45, 7) is 1.09. The molecule has 0 bridgehead atoms. The standard InChI is InChI=1S/C13H12BrNO3/c14-8-3-4-10-11(6-8)13(17)15(12(10)16)7-9-2-1-5-18-9/h3-4,6,9H,1-2,5,7H2. The second kappa shape index (κ2) is 4.48. The molecule has 94 valence electrons. The molecule has 1 atom stereocenters. The van der Waals surface area contributed by atoms with Crippen molar-refractivity contribution in [3.8, 4) is 0 Å². The molecule has 1 fully saturated rings. The van der Waals surface area contributed by atoms with Gasteiger partial charge in [0.2, 0.25) is 0 Å². The average molecular weight is 310 g/mol. The van der Waals surface area contributed by atoms with Gasteiger partial charge in [0.25, 0.3) is 11.8 Å². The first-order valence-electron chi connectivity index (χ1n) is 5.94. The summed E-state index contributed by atoms with van der Waals surface area (Å²) in [4.78, 5) is 25.6. The minimum atomic E-state index is -0.216. The van der Waals surface area contributed by atoms with Crippen molar-refractivity contribution >= 4 is 27.7 Å². The number of halogens is 1. The maximum absolute atomic E-state index is 12.2. The number of benzene rings is 1. The van der Waals surface area contributed by atoms with Crippen molar-refractivity contribution in [2.45, 2.75) is 18.9 Å². The summed E-state index contributed by atoms with van der Waals surface area (Å²) in [7, 11) is 0. The van der Waals surface area contributed by atoms with Crippen LogP contribution in [0.5, 0.6) is 0 Å². The Labute approximate surface area is 113 Å². The summed E-state index contributed by atoms with van der Waals surface area (Å²) < 4.78 is 6.29. The SMILES string of the molecule is O=C1c2ccc(Br)cc2C(=O)N1CC1CCCO1. The van der Waals surface area contributed by atoms with E-state index in [1.54, 1.807) is 18.2 Å². The van der Waals surface area contributed by atoms with E-state index >= 15 is 0 Å². The zero-order chi connectivity index (χ0) is 12.7. The first-order chi connectivity index (χ1) is 8.66. The predicted molar refractivity (Wildman–Crippen MR) is 68.5 cm³/mol. The molecule has 0 aromatic heterocycles. The van der Waals surface area contributed by atoms with Crippen molar-refractivity contribution in [3.63, 3.8) is 0 Å². The number of carbonyl (C=O) groups is 2. The highest BCUT2D eigenvalue weighted by atomic mass is 79.9. The number of carbonyl (C=O) groups excluding carboxylic acids is 2. The number of hydrogen-bond donors (Lipinski definition) is 0. The highest BCUT2D eigenvalue weighted by Gasteiger charge is 2.37. The summed E-state index contributed by atoms with van der Waals surface area (Å²) in [6, 6.07) is 5.17. The van der Waals surface area contributed by atoms with Crippen LogP contribution < -0.4 is 0 Å². The molecule has 1 aromatic carbocycles. The van der Waals surface area contributed by atoms with Crippen molar-refractivity contribution in [1.82, 2.24) is 4.90 Å². The van der Waals surface area contributed by atoms with Gasteiger partial charge < -0.3 is 4.74 Å². The minimum absolute atomic E-state index is 0.00403. The van der Waals surface area contributed by atoms with Gasteiger partial charge in [-0.15, -0.1) is 0 Å². The molecular weight excluding hydrogens is 298 g/mol. The van der Waals surface area contributed by atoms with Crippen LogP contribution in [0.25, 0.3) is 0 Å². The Morgan fingerprint density at radius 2 is 2.06 bits per heavy atom. The molecule has 0 saturated carbocycles. The van der Waals surface area contributed by atoms with E-state index in [2.05, 4.69) is 15.9 Å². The van der Waals surface area contributed by atoms with Crippen LogP contribution in [0.1, 0.15) is 33.6 Å². The molecule has 5 heteroatoms. The molecule has 1 saturated heterocycles. The fraction of sp³-hybridized carbons (Fsp3) is 0.385. The number of nitrogens with zero attached hydrogens (tertiary/aromatic N) is 1. The normalized spacial score (nSPS) is 22.7. The van der Waals surface area contributed by atoms with Crippen LogP contribution in [-0.2, 0) is 4.74 Å². The Balaban J connectivity index is 1.87. The van der Waals surface area contributed by atoms with Crippen LogP contribution in [-0.4, -0.2) is 36.0 Å². The third-order valence-electron chi connectivity index (χ3n) is 3.34. The molecule has 0 N–H and O–H groups in total. The Hall–Kier alpha value is -1.20. The summed E-state index contributed by atoms with van der Waals surface area (Å²) in [5.41, 5.74) is 0.966. The van der Waals surface area contributed by atoms with E-state index in [9.17, 15) is 9.59 Å². The highest BCUT2D eigenvalue weighted by Crippen LogP contribution is 2.27. The molecule has 2 aliphatic rings. The zero-order valence-corrected chi connectivity index (χ0v) is 11.3. The lowest BCUT2D eigenvalue weighted by Gasteiger charge is -2.17. The van der Waals surface area contributed by atoms with Crippen LogP contribution >= 0.6 is 15.9 Å². The second-order valence-corrected chi connectivity index (χ2v) is 5.46. The predicted octanol–water partition coefficient (Wildman–Crippen LogP) is 2.22. The largest absolute Gasteiger partial charge is 0.376 e. The first kappa shape index (κ1) is 11.9. The molecule has 4 nitrogen and oxygen atoms in total. The topological polar surface area (TPSA) is 46.6 Å². The lowest BCUT2D eigenvalue weighted by Crippen LogP contribution is -2.36. The maximum atomic E-state index is 12.2. The van der Waals surface area contributed by atoms with E-state index in [4.69, 9.17) is 4.74 Å². The Morgan fingerprint density at radius 3 is 2.78 bits per heavy atom. The number of imide groups is 1. The molecule has 3 rings (SSSR count). The first-order valence-corrected chi connectivity index (χ1v) is 6.73. The van der Waals surface area contributed by atoms with Gasteiger partial charge in [0.15, 0.2) is 0 Å². The van der Waals surface area contributed by atoms with Gasteiger partial charge in [-0.25, -0.2) is 0 Å². The van der Waals surface area contributed by atoms with Gasteiger partial charge in [0, 0.05) is 11.1 Å². The van der Waals surface area contributed by atoms with E-state index in [0.717, 1.165) is 23.9 Å². The van der Waals surface area contributed by atoms with Crippen LogP contribution in [0.2, 0.25) is 0 Å². The molecule has 2 amide bonds. The van der Waals surface area contributed by atoms with Crippen molar-refractivity contribution in [1.29, 1.82) is 0 Å². The van der Waals surface area contributed by atoms with Gasteiger partial charge in [-0.1, -0.05) is 15.9 Å². The number of hydrogen-bond acceptors (Lipinski definition) is 3. The number of ether oxygens (including phenoxy) is 1. The fourth-order valence-electron chi connectivity index (χ4n) is 2.42. The van der Waals surface area contributed by atoms with Gasteiger partial charge in [-0.05, 0) is 31.0 Å². The van der Waals surface area contributed by atoms with Crippen LogP contribution in [0, 0.1) is 0 Å². The summed E-state index contributed by atoms with van der Waals surface area (Å²) >= 11 is 3.31. The molecule has 0 radical (unpaired) electrons. The monoisotopic (exact) mass is 309 g/mol. The van der Waals surface area contributed by atoms with E-state index in [1.807, 2.05) is 0 Å². The average Bonchev–Trinajstić information content (AvgIpc) is 2.93. The summed E-state index contributed by atoms with van der Waals surface area (Å²) in [5, 5.41) is 0. The fourth-order valence-corrected chi connectivity index (χ4v) is 2.78. The van der Waals surface area contributed by atoms with Gasteiger partial charge in [0.1, 0.15) is 0 Å².